The number of H-pyrrole nitrogens is 1. The molecule has 0 atom stereocenters. The van der Waals surface area contributed by atoms with E-state index < -0.39 is 0 Å². The molecule has 0 spiro atoms. The fourth-order valence-electron chi connectivity index (χ4n) is 2.62. The van der Waals surface area contributed by atoms with Gasteiger partial charge in [0.25, 0.3) is 0 Å². The van der Waals surface area contributed by atoms with Gasteiger partial charge in [0.05, 0.1) is 0 Å². The summed E-state index contributed by atoms with van der Waals surface area (Å²) >= 11 is 0. The minimum atomic E-state index is 0.180. The SMILES string of the molecule is CC(C)(CNCC1(CN)CCC1)c1cc[nH]c1. The molecular weight excluding hydrogens is 210 g/mol. The van der Waals surface area contributed by atoms with Crippen LogP contribution >= 0.6 is 0 Å². The zero-order chi connectivity index (χ0) is 12.4. The van der Waals surface area contributed by atoms with E-state index in [0.717, 1.165) is 19.6 Å². The van der Waals surface area contributed by atoms with Gasteiger partial charge in [-0.25, -0.2) is 0 Å². The highest BCUT2D eigenvalue weighted by Gasteiger charge is 2.35. The Morgan fingerprint density at radius 3 is 2.71 bits per heavy atom. The van der Waals surface area contributed by atoms with Crippen molar-refractivity contribution in [3.05, 3.63) is 24.0 Å². The number of nitrogens with one attached hydrogen (secondary N) is 2. The van der Waals surface area contributed by atoms with Crippen LogP contribution in [0, 0.1) is 5.41 Å². The molecule has 0 amide bonds. The second kappa shape index (κ2) is 4.83. The lowest BCUT2D eigenvalue weighted by Gasteiger charge is -2.42. The Bertz CT molecular complexity index is 331. The molecule has 1 aromatic heterocycles. The van der Waals surface area contributed by atoms with Crippen molar-refractivity contribution in [3.8, 4) is 0 Å². The molecule has 0 aliphatic heterocycles. The highest BCUT2D eigenvalue weighted by molar-refractivity contribution is 5.20. The summed E-state index contributed by atoms with van der Waals surface area (Å²) in [6, 6.07) is 2.16. The van der Waals surface area contributed by atoms with Crippen molar-refractivity contribution < 1.29 is 0 Å². The third-order valence-electron chi connectivity index (χ3n) is 4.29. The number of aromatic amines is 1. The number of hydrogen-bond acceptors (Lipinski definition) is 2. The van der Waals surface area contributed by atoms with E-state index in [1.165, 1.54) is 24.8 Å². The van der Waals surface area contributed by atoms with Crippen LogP contribution in [0.1, 0.15) is 38.7 Å². The van der Waals surface area contributed by atoms with Gasteiger partial charge in [0.1, 0.15) is 0 Å². The van der Waals surface area contributed by atoms with E-state index >= 15 is 0 Å². The second-order valence-corrected chi connectivity index (χ2v) is 6.14. The summed E-state index contributed by atoms with van der Waals surface area (Å²) < 4.78 is 0. The van der Waals surface area contributed by atoms with E-state index in [1.54, 1.807) is 0 Å². The predicted molar refractivity (Wildman–Crippen MR) is 72.0 cm³/mol. The first-order valence-corrected chi connectivity index (χ1v) is 6.62. The summed E-state index contributed by atoms with van der Waals surface area (Å²) in [5, 5.41) is 3.61. The highest BCUT2D eigenvalue weighted by Crippen LogP contribution is 2.39. The molecule has 1 fully saturated rings. The zero-order valence-corrected chi connectivity index (χ0v) is 11.1. The van der Waals surface area contributed by atoms with Gasteiger partial charge in [-0.05, 0) is 36.4 Å². The Balaban J connectivity index is 1.82. The number of aromatic nitrogens is 1. The first-order chi connectivity index (χ1) is 8.08. The Morgan fingerprint density at radius 1 is 1.47 bits per heavy atom. The molecule has 1 saturated carbocycles. The monoisotopic (exact) mass is 235 g/mol. The molecular formula is C14H25N3. The molecule has 0 unspecified atom stereocenters. The van der Waals surface area contributed by atoms with E-state index in [1.807, 2.05) is 6.20 Å². The van der Waals surface area contributed by atoms with Crippen LogP contribution in [0.15, 0.2) is 18.5 Å². The van der Waals surface area contributed by atoms with Crippen molar-refractivity contribution in [2.24, 2.45) is 11.1 Å². The molecule has 96 valence electrons. The fraction of sp³-hybridized carbons (Fsp3) is 0.714. The van der Waals surface area contributed by atoms with Crippen molar-refractivity contribution in [3.63, 3.8) is 0 Å². The Kier molecular flexibility index (Phi) is 3.59. The van der Waals surface area contributed by atoms with Crippen LogP contribution in [-0.2, 0) is 5.41 Å². The van der Waals surface area contributed by atoms with E-state index in [2.05, 4.69) is 36.4 Å². The lowest BCUT2D eigenvalue weighted by atomic mass is 9.68. The molecule has 0 bridgehead atoms. The lowest BCUT2D eigenvalue weighted by molar-refractivity contribution is 0.138. The summed E-state index contributed by atoms with van der Waals surface area (Å²) in [5.41, 5.74) is 7.81. The molecule has 4 N–H and O–H groups in total. The summed E-state index contributed by atoms with van der Waals surface area (Å²) in [6.45, 7) is 7.45. The second-order valence-electron chi connectivity index (χ2n) is 6.14. The zero-order valence-electron chi connectivity index (χ0n) is 11.1. The van der Waals surface area contributed by atoms with Crippen molar-refractivity contribution in [1.82, 2.24) is 10.3 Å². The van der Waals surface area contributed by atoms with Gasteiger partial charge in [-0.1, -0.05) is 20.3 Å². The summed E-state index contributed by atoms with van der Waals surface area (Å²) in [5.74, 6) is 0. The standard InChI is InChI=1S/C14H25N3/c1-13(2,12-4-7-16-8-12)10-17-11-14(9-15)5-3-6-14/h4,7-8,16-17H,3,5-6,9-11,15H2,1-2H3. The van der Waals surface area contributed by atoms with Crippen molar-refractivity contribution in [2.75, 3.05) is 19.6 Å². The molecule has 17 heavy (non-hydrogen) atoms. The normalized spacial score (nSPS) is 19.0. The van der Waals surface area contributed by atoms with Crippen LogP contribution in [0.4, 0.5) is 0 Å². The van der Waals surface area contributed by atoms with Crippen LogP contribution in [0.25, 0.3) is 0 Å². The van der Waals surface area contributed by atoms with Crippen LogP contribution < -0.4 is 11.1 Å². The summed E-state index contributed by atoms with van der Waals surface area (Å²) in [7, 11) is 0. The Hall–Kier alpha value is -0.800. The molecule has 0 aromatic carbocycles. The average Bonchev–Trinajstić information content (AvgIpc) is 2.76. The molecule has 0 radical (unpaired) electrons. The van der Waals surface area contributed by atoms with Crippen LogP contribution in [0.2, 0.25) is 0 Å². The minimum Gasteiger partial charge on any atom is -0.367 e. The molecule has 3 heteroatoms. The van der Waals surface area contributed by atoms with E-state index in [-0.39, 0.29) is 5.41 Å². The van der Waals surface area contributed by atoms with Gasteiger partial charge in [0.2, 0.25) is 0 Å². The lowest BCUT2D eigenvalue weighted by Crippen LogP contribution is -2.47. The first kappa shape index (κ1) is 12.7. The van der Waals surface area contributed by atoms with E-state index in [9.17, 15) is 0 Å². The van der Waals surface area contributed by atoms with Crippen LogP contribution in [-0.4, -0.2) is 24.6 Å². The van der Waals surface area contributed by atoms with Gasteiger partial charge in [-0.15, -0.1) is 0 Å². The summed E-state index contributed by atoms with van der Waals surface area (Å²) in [4.78, 5) is 3.13. The van der Waals surface area contributed by atoms with Gasteiger partial charge in [-0.2, -0.15) is 0 Å². The third-order valence-corrected chi connectivity index (χ3v) is 4.29. The quantitative estimate of drug-likeness (QED) is 0.706. The number of rotatable bonds is 6. The predicted octanol–water partition coefficient (Wildman–Crippen LogP) is 2.01. The van der Waals surface area contributed by atoms with Crippen molar-refractivity contribution in [2.45, 2.75) is 38.5 Å². The Morgan fingerprint density at radius 2 is 2.24 bits per heavy atom. The highest BCUT2D eigenvalue weighted by atomic mass is 14.9. The number of nitrogens with two attached hydrogens (primary N) is 1. The Labute approximate surface area is 104 Å². The maximum Gasteiger partial charge on any atom is 0.00439 e. The van der Waals surface area contributed by atoms with Crippen LogP contribution in [0.3, 0.4) is 0 Å². The smallest absolute Gasteiger partial charge is 0.00439 e. The molecule has 1 heterocycles. The molecule has 2 rings (SSSR count). The number of hydrogen-bond donors (Lipinski definition) is 3. The maximum absolute atomic E-state index is 5.87. The summed E-state index contributed by atoms with van der Waals surface area (Å²) in [6.07, 6.45) is 8.01. The topological polar surface area (TPSA) is 53.8 Å². The molecule has 3 nitrogen and oxygen atoms in total. The van der Waals surface area contributed by atoms with Crippen LogP contribution in [0.5, 0.6) is 0 Å². The van der Waals surface area contributed by atoms with Crippen molar-refractivity contribution in [1.29, 1.82) is 0 Å². The largest absolute Gasteiger partial charge is 0.367 e. The molecule has 1 aliphatic rings. The van der Waals surface area contributed by atoms with E-state index in [4.69, 9.17) is 5.73 Å². The molecule has 0 saturated heterocycles. The van der Waals surface area contributed by atoms with Gasteiger partial charge in [0, 0.05) is 30.9 Å². The molecule has 1 aromatic rings. The van der Waals surface area contributed by atoms with Crippen molar-refractivity contribution >= 4 is 0 Å². The first-order valence-electron chi connectivity index (χ1n) is 6.62. The van der Waals surface area contributed by atoms with Gasteiger partial charge >= 0.3 is 0 Å². The van der Waals surface area contributed by atoms with Gasteiger partial charge in [-0.3, -0.25) is 0 Å². The van der Waals surface area contributed by atoms with Gasteiger partial charge < -0.3 is 16.0 Å². The average molecular weight is 235 g/mol. The maximum atomic E-state index is 5.87. The van der Waals surface area contributed by atoms with E-state index in [0.29, 0.717) is 5.41 Å². The fourth-order valence-corrected chi connectivity index (χ4v) is 2.62. The molecule has 1 aliphatic carbocycles. The third kappa shape index (κ3) is 2.72. The minimum absolute atomic E-state index is 0.180. The van der Waals surface area contributed by atoms with Gasteiger partial charge in [0.15, 0.2) is 0 Å².